The molecule has 1 fully saturated rings. The molecule has 2 atom stereocenters. The molecule has 0 aliphatic heterocycles. The number of hydrogen-bond acceptors (Lipinski definition) is 2. The van der Waals surface area contributed by atoms with Crippen molar-refractivity contribution in [2.24, 2.45) is 0 Å². The van der Waals surface area contributed by atoms with Crippen LogP contribution in [0, 0.1) is 0 Å². The summed E-state index contributed by atoms with van der Waals surface area (Å²) in [5.74, 6) is 0. The first kappa shape index (κ1) is 10.0. The Hall–Kier alpha value is -0.0800. The molecule has 1 rings (SSSR count). The predicted molar refractivity (Wildman–Crippen MR) is 51.3 cm³/mol. The zero-order valence-electron chi connectivity index (χ0n) is 8.31. The van der Waals surface area contributed by atoms with Gasteiger partial charge in [-0.15, -0.1) is 0 Å². The minimum absolute atomic E-state index is 0.440. The lowest BCUT2D eigenvalue weighted by Crippen LogP contribution is -2.39. The number of rotatable bonds is 2. The van der Waals surface area contributed by atoms with Gasteiger partial charge in [-0.3, -0.25) is 0 Å². The maximum atomic E-state index is 5.47. The van der Waals surface area contributed by atoms with Gasteiger partial charge in [-0.25, -0.2) is 0 Å². The average molecular weight is 171 g/mol. The zero-order valence-corrected chi connectivity index (χ0v) is 8.31. The number of ether oxygens (including phenoxy) is 1. The van der Waals surface area contributed by atoms with Gasteiger partial charge < -0.3 is 10.1 Å². The first-order chi connectivity index (χ1) is 5.88. The lowest BCUT2D eigenvalue weighted by atomic mass is 9.94. The van der Waals surface area contributed by atoms with Gasteiger partial charge in [-0.1, -0.05) is 25.7 Å². The van der Waals surface area contributed by atoms with Crippen LogP contribution in [0.3, 0.4) is 0 Å². The number of nitrogens with one attached hydrogen (secondary N) is 1. The molecular weight excluding hydrogens is 150 g/mol. The van der Waals surface area contributed by atoms with Gasteiger partial charge in [0.2, 0.25) is 0 Å². The van der Waals surface area contributed by atoms with Gasteiger partial charge in [0, 0.05) is 13.2 Å². The van der Waals surface area contributed by atoms with E-state index in [9.17, 15) is 0 Å². The topological polar surface area (TPSA) is 21.3 Å². The van der Waals surface area contributed by atoms with E-state index in [1.807, 2.05) is 14.2 Å². The lowest BCUT2D eigenvalue weighted by molar-refractivity contribution is 0.0544. The van der Waals surface area contributed by atoms with E-state index in [2.05, 4.69) is 5.32 Å². The van der Waals surface area contributed by atoms with Gasteiger partial charge in [0.1, 0.15) is 0 Å². The minimum Gasteiger partial charge on any atom is -0.380 e. The van der Waals surface area contributed by atoms with Crippen LogP contribution in [0.2, 0.25) is 0 Å². The fourth-order valence-electron chi connectivity index (χ4n) is 2.06. The summed E-state index contributed by atoms with van der Waals surface area (Å²) < 4.78 is 5.47. The molecule has 1 aliphatic carbocycles. The third-order valence-corrected chi connectivity index (χ3v) is 2.88. The standard InChI is InChI=1S/C10H21NO/c1-11-9-7-5-3-4-6-8-10(9)12-2/h9-11H,3-8H2,1-2H3/t9-,10-/m0/s1. The molecular formula is C10H21NO. The summed E-state index contributed by atoms with van der Waals surface area (Å²) >= 11 is 0. The van der Waals surface area contributed by atoms with Crippen molar-refractivity contribution in [3.63, 3.8) is 0 Å². The molecule has 0 unspecified atom stereocenters. The maximum absolute atomic E-state index is 5.47. The van der Waals surface area contributed by atoms with Crippen molar-refractivity contribution in [3.8, 4) is 0 Å². The molecule has 1 N–H and O–H groups in total. The Labute approximate surface area is 75.7 Å². The molecule has 1 aliphatic rings. The van der Waals surface area contributed by atoms with Crippen LogP contribution >= 0.6 is 0 Å². The Bertz CT molecular complexity index is 102. The van der Waals surface area contributed by atoms with Crippen molar-refractivity contribution in [3.05, 3.63) is 0 Å². The minimum atomic E-state index is 0.440. The number of likely N-dealkylation sites (N-methyl/N-ethyl adjacent to an activating group) is 1. The van der Waals surface area contributed by atoms with E-state index in [0.717, 1.165) is 0 Å². The van der Waals surface area contributed by atoms with Crippen LogP contribution in [0.5, 0.6) is 0 Å². The summed E-state index contributed by atoms with van der Waals surface area (Å²) in [6.45, 7) is 0. The van der Waals surface area contributed by atoms with Crippen LogP contribution in [-0.2, 0) is 4.74 Å². The van der Waals surface area contributed by atoms with E-state index in [4.69, 9.17) is 4.74 Å². The Morgan fingerprint density at radius 3 is 2.33 bits per heavy atom. The number of methoxy groups -OCH3 is 1. The molecule has 0 aromatic heterocycles. The summed E-state index contributed by atoms with van der Waals surface area (Å²) in [6.07, 6.45) is 8.40. The predicted octanol–water partition coefficient (Wildman–Crippen LogP) is 1.94. The fourth-order valence-corrected chi connectivity index (χ4v) is 2.06. The normalized spacial score (nSPS) is 32.5. The monoisotopic (exact) mass is 171 g/mol. The van der Waals surface area contributed by atoms with Gasteiger partial charge >= 0.3 is 0 Å². The van der Waals surface area contributed by atoms with Crippen molar-refractivity contribution >= 4 is 0 Å². The highest BCUT2D eigenvalue weighted by atomic mass is 16.5. The van der Waals surface area contributed by atoms with Crippen LogP contribution in [0.1, 0.15) is 38.5 Å². The molecule has 72 valence electrons. The summed E-state index contributed by atoms with van der Waals surface area (Å²) in [5.41, 5.74) is 0. The lowest BCUT2D eigenvalue weighted by Gasteiger charge is -2.27. The SMILES string of the molecule is CN[C@H]1CCCCCC[C@@H]1OC. The van der Waals surface area contributed by atoms with Gasteiger partial charge in [0.25, 0.3) is 0 Å². The third kappa shape index (κ3) is 2.76. The van der Waals surface area contributed by atoms with Crippen LogP contribution in [0.15, 0.2) is 0 Å². The zero-order chi connectivity index (χ0) is 8.81. The molecule has 0 bridgehead atoms. The van der Waals surface area contributed by atoms with Crippen molar-refractivity contribution in [1.29, 1.82) is 0 Å². The van der Waals surface area contributed by atoms with Crippen molar-refractivity contribution < 1.29 is 4.74 Å². The van der Waals surface area contributed by atoms with E-state index < -0.39 is 0 Å². The Balaban J connectivity index is 2.39. The first-order valence-electron chi connectivity index (χ1n) is 5.08. The molecule has 0 aromatic rings. The average Bonchev–Trinajstić information content (AvgIpc) is 2.05. The highest BCUT2D eigenvalue weighted by Crippen LogP contribution is 2.19. The smallest absolute Gasteiger partial charge is 0.0724 e. The van der Waals surface area contributed by atoms with Crippen LogP contribution in [0.25, 0.3) is 0 Å². The van der Waals surface area contributed by atoms with Gasteiger partial charge in [-0.2, -0.15) is 0 Å². The molecule has 0 saturated heterocycles. The van der Waals surface area contributed by atoms with Crippen molar-refractivity contribution in [2.45, 2.75) is 50.7 Å². The van der Waals surface area contributed by atoms with E-state index in [1.165, 1.54) is 38.5 Å². The van der Waals surface area contributed by atoms with Crippen molar-refractivity contribution in [1.82, 2.24) is 5.32 Å². The number of hydrogen-bond donors (Lipinski definition) is 1. The Morgan fingerprint density at radius 1 is 1.08 bits per heavy atom. The molecule has 1 saturated carbocycles. The van der Waals surface area contributed by atoms with E-state index in [0.29, 0.717) is 12.1 Å². The molecule has 0 amide bonds. The van der Waals surface area contributed by atoms with Gasteiger partial charge in [0.15, 0.2) is 0 Å². The first-order valence-corrected chi connectivity index (χ1v) is 5.08. The molecule has 12 heavy (non-hydrogen) atoms. The van der Waals surface area contributed by atoms with Crippen molar-refractivity contribution in [2.75, 3.05) is 14.2 Å². The van der Waals surface area contributed by atoms with E-state index >= 15 is 0 Å². The quantitative estimate of drug-likeness (QED) is 0.685. The second-order valence-corrected chi connectivity index (χ2v) is 3.66. The maximum Gasteiger partial charge on any atom is 0.0724 e. The summed E-state index contributed by atoms with van der Waals surface area (Å²) in [5, 5.41) is 3.35. The molecule has 0 spiro atoms. The molecule has 2 nitrogen and oxygen atoms in total. The van der Waals surface area contributed by atoms with Crippen LogP contribution in [-0.4, -0.2) is 26.3 Å². The highest BCUT2D eigenvalue weighted by Gasteiger charge is 2.20. The fraction of sp³-hybridized carbons (Fsp3) is 1.00. The third-order valence-electron chi connectivity index (χ3n) is 2.88. The van der Waals surface area contributed by atoms with Gasteiger partial charge in [0.05, 0.1) is 6.10 Å². The largest absolute Gasteiger partial charge is 0.380 e. The summed E-state index contributed by atoms with van der Waals surface area (Å²) in [4.78, 5) is 0. The second kappa shape index (κ2) is 5.55. The highest BCUT2D eigenvalue weighted by molar-refractivity contribution is 4.77. The molecule has 0 radical (unpaired) electrons. The molecule has 0 aromatic carbocycles. The van der Waals surface area contributed by atoms with Crippen LogP contribution in [0.4, 0.5) is 0 Å². The summed E-state index contributed by atoms with van der Waals surface area (Å²) in [6, 6.07) is 0.579. The molecule has 0 heterocycles. The molecule has 2 heteroatoms. The second-order valence-electron chi connectivity index (χ2n) is 3.66. The van der Waals surface area contributed by atoms with Crippen LogP contribution < -0.4 is 5.32 Å². The Kier molecular flexibility index (Phi) is 4.62. The summed E-state index contributed by atoms with van der Waals surface area (Å²) in [7, 11) is 3.87. The Morgan fingerprint density at radius 2 is 1.75 bits per heavy atom. The van der Waals surface area contributed by atoms with E-state index in [1.54, 1.807) is 0 Å². The van der Waals surface area contributed by atoms with E-state index in [-0.39, 0.29) is 0 Å². The van der Waals surface area contributed by atoms with Gasteiger partial charge in [-0.05, 0) is 19.9 Å².